The van der Waals surface area contributed by atoms with Gasteiger partial charge in [0.05, 0.1) is 11.6 Å². The molecule has 4 aromatic rings. The molecule has 24 heavy (non-hydrogen) atoms. The fraction of sp³-hybridized carbons (Fsp3) is 0.167. The number of benzene rings is 1. The highest BCUT2D eigenvalue weighted by atomic mass is 32.1. The normalized spacial score (nSPS) is 14.9. The number of aromatic nitrogens is 4. The fourth-order valence-corrected chi connectivity index (χ4v) is 3.94. The van der Waals surface area contributed by atoms with Crippen molar-refractivity contribution in [2.45, 2.75) is 5.92 Å². The number of thiazole rings is 1. The lowest BCUT2D eigenvalue weighted by molar-refractivity contribution is 0.496. The summed E-state index contributed by atoms with van der Waals surface area (Å²) in [5.74, 6) is 1.45. The Balaban J connectivity index is 1.34. The molecule has 1 aromatic carbocycles. The SMILES string of the molecule is c1ccc(-c2csc(N3CC(c4nnc5ccccn45)C3)n2)cc1. The molecule has 0 radical (unpaired) electrons. The molecule has 118 valence electrons. The molecule has 1 saturated heterocycles. The first-order valence-electron chi connectivity index (χ1n) is 7.94. The van der Waals surface area contributed by atoms with Gasteiger partial charge in [0.2, 0.25) is 0 Å². The van der Waals surface area contributed by atoms with Crippen LogP contribution in [0.5, 0.6) is 0 Å². The molecule has 0 amide bonds. The minimum Gasteiger partial charge on any atom is -0.346 e. The Kier molecular flexibility index (Phi) is 3.09. The maximum atomic E-state index is 4.78. The molecule has 0 atom stereocenters. The monoisotopic (exact) mass is 333 g/mol. The van der Waals surface area contributed by atoms with Gasteiger partial charge in [-0.25, -0.2) is 4.98 Å². The number of fused-ring (bicyclic) bond motifs is 1. The number of hydrogen-bond donors (Lipinski definition) is 0. The van der Waals surface area contributed by atoms with E-state index in [1.807, 2.05) is 42.6 Å². The predicted molar refractivity (Wildman–Crippen MR) is 95.5 cm³/mol. The molecule has 0 N–H and O–H groups in total. The third kappa shape index (κ3) is 2.18. The Morgan fingerprint density at radius 2 is 1.79 bits per heavy atom. The van der Waals surface area contributed by atoms with Gasteiger partial charge in [-0.15, -0.1) is 21.5 Å². The second-order valence-electron chi connectivity index (χ2n) is 5.97. The van der Waals surface area contributed by atoms with Crippen molar-refractivity contribution in [2.24, 2.45) is 0 Å². The van der Waals surface area contributed by atoms with Gasteiger partial charge in [0, 0.05) is 30.2 Å². The first-order valence-corrected chi connectivity index (χ1v) is 8.82. The number of rotatable bonds is 3. The molecule has 5 rings (SSSR count). The summed E-state index contributed by atoms with van der Waals surface area (Å²) >= 11 is 1.70. The quantitative estimate of drug-likeness (QED) is 0.576. The van der Waals surface area contributed by atoms with Gasteiger partial charge >= 0.3 is 0 Å². The molecular formula is C18H15N5S. The lowest BCUT2D eigenvalue weighted by Gasteiger charge is -2.38. The minimum absolute atomic E-state index is 0.409. The van der Waals surface area contributed by atoms with Crippen LogP contribution in [-0.4, -0.2) is 32.7 Å². The van der Waals surface area contributed by atoms with Crippen LogP contribution in [0.25, 0.3) is 16.9 Å². The predicted octanol–water partition coefficient (Wildman–Crippen LogP) is 3.46. The molecule has 0 bridgehead atoms. The molecule has 1 aliphatic rings. The van der Waals surface area contributed by atoms with Crippen molar-refractivity contribution in [2.75, 3.05) is 18.0 Å². The second kappa shape index (κ2) is 5.42. The summed E-state index contributed by atoms with van der Waals surface area (Å²) in [6, 6.07) is 16.3. The summed E-state index contributed by atoms with van der Waals surface area (Å²) in [6.07, 6.45) is 2.03. The molecule has 1 aliphatic heterocycles. The molecule has 1 fully saturated rings. The summed E-state index contributed by atoms with van der Waals surface area (Å²) in [7, 11) is 0. The van der Waals surface area contributed by atoms with Gasteiger partial charge in [-0.3, -0.25) is 4.40 Å². The zero-order chi connectivity index (χ0) is 15.9. The first-order chi connectivity index (χ1) is 11.9. The maximum Gasteiger partial charge on any atom is 0.185 e. The van der Waals surface area contributed by atoms with Gasteiger partial charge in [-0.05, 0) is 12.1 Å². The van der Waals surface area contributed by atoms with Crippen LogP contribution >= 0.6 is 11.3 Å². The van der Waals surface area contributed by atoms with Gasteiger partial charge < -0.3 is 4.90 Å². The Labute approximate surface area is 143 Å². The summed E-state index contributed by atoms with van der Waals surface area (Å²) in [5.41, 5.74) is 3.12. The summed E-state index contributed by atoms with van der Waals surface area (Å²) in [4.78, 5) is 7.09. The molecule has 0 unspecified atom stereocenters. The van der Waals surface area contributed by atoms with Crippen LogP contribution in [0.15, 0.2) is 60.1 Å². The van der Waals surface area contributed by atoms with Crippen molar-refractivity contribution in [1.82, 2.24) is 19.6 Å². The number of anilines is 1. The lowest BCUT2D eigenvalue weighted by atomic mass is 10.0. The Morgan fingerprint density at radius 1 is 0.958 bits per heavy atom. The summed E-state index contributed by atoms with van der Waals surface area (Å²) in [6.45, 7) is 1.88. The average Bonchev–Trinajstić information content (AvgIpc) is 3.23. The van der Waals surface area contributed by atoms with Crippen LogP contribution < -0.4 is 4.90 Å². The molecule has 4 heterocycles. The third-order valence-corrected chi connectivity index (χ3v) is 5.32. The van der Waals surface area contributed by atoms with E-state index in [0.717, 1.165) is 35.4 Å². The van der Waals surface area contributed by atoms with Crippen molar-refractivity contribution in [3.05, 3.63) is 65.9 Å². The molecule has 3 aromatic heterocycles. The van der Waals surface area contributed by atoms with E-state index in [9.17, 15) is 0 Å². The van der Waals surface area contributed by atoms with Gasteiger partial charge in [0.25, 0.3) is 0 Å². The van der Waals surface area contributed by atoms with Crippen LogP contribution in [0.1, 0.15) is 11.7 Å². The van der Waals surface area contributed by atoms with E-state index < -0.39 is 0 Å². The highest BCUT2D eigenvalue weighted by Crippen LogP contribution is 2.34. The van der Waals surface area contributed by atoms with Gasteiger partial charge in [-0.1, -0.05) is 36.4 Å². The Bertz CT molecular complexity index is 985. The molecule has 0 spiro atoms. The van der Waals surface area contributed by atoms with Crippen molar-refractivity contribution in [1.29, 1.82) is 0 Å². The van der Waals surface area contributed by atoms with E-state index >= 15 is 0 Å². The van der Waals surface area contributed by atoms with E-state index in [4.69, 9.17) is 4.98 Å². The van der Waals surface area contributed by atoms with Gasteiger partial charge in [-0.2, -0.15) is 0 Å². The second-order valence-corrected chi connectivity index (χ2v) is 6.81. The fourth-order valence-electron chi connectivity index (χ4n) is 3.09. The van der Waals surface area contributed by atoms with Crippen LogP contribution in [0.2, 0.25) is 0 Å². The first kappa shape index (κ1) is 13.7. The van der Waals surface area contributed by atoms with Crippen molar-refractivity contribution in [3.8, 4) is 11.3 Å². The number of pyridine rings is 1. The third-order valence-electron chi connectivity index (χ3n) is 4.42. The number of nitrogens with zero attached hydrogens (tertiary/aromatic N) is 5. The Hall–Kier alpha value is -2.73. The molecule has 0 aliphatic carbocycles. The highest BCUT2D eigenvalue weighted by molar-refractivity contribution is 7.14. The maximum absolute atomic E-state index is 4.78. The molecular weight excluding hydrogens is 318 g/mol. The van der Waals surface area contributed by atoms with E-state index in [-0.39, 0.29) is 0 Å². The lowest BCUT2D eigenvalue weighted by Crippen LogP contribution is -2.45. The zero-order valence-electron chi connectivity index (χ0n) is 12.9. The van der Waals surface area contributed by atoms with Crippen LogP contribution in [-0.2, 0) is 0 Å². The summed E-state index contributed by atoms with van der Waals surface area (Å²) < 4.78 is 2.08. The Morgan fingerprint density at radius 3 is 2.67 bits per heavy atom. The van der Waals surface area contributed by atoms with Crippen LogP contribution in [0.3, 0.4) is 0 Å². The van der Waals surface area contributed by atoms with Crippen LogP contribution in [0.4, 0.5) is 5.13 Å². The topological polar surface area (TPSA) is 46.3 Å². The average molecular weight is 333 g/mol. The van der Waals surface area contributed by atoms with Gasteiger partial charge in [0.15, 0.2) is 10.8 Å². The zero-order valence-corrected chi connectivity index (χ0v) is 13.7. The number of hydrogen-bond acceptors (Lipinski definition) is 5. The summed E-state index contributed by atoms with van der Waals surface area (Å²) in [5, 5.41) is 11.8. The van der Waals surface area contributed by atoms with E-state index in [1.54, 1.807) is 11.3 Å². The molecule has 0 saturated carbocycles. The van der Waals surface area contributed by atoms with Crippen molar-refractivity contribution < 1.29 is 0 Å². The van der Waals surface area contributed by atoms with Gasteiger partial charge in [0.1, 0.15) is 5.82 Å². The smallest absolute Gasteiger partial charge is 0.185 e. The molecule has 6 heteroatoms. The van der Waals surface area contributed by atoms with Crippen molar-refractivity contribution in [3.63, 3.8) is 0 Å². The van der Waals surface area contributed by atoms with E-state index in [2.05, 4.69) is 37.0 Å². The minimum atomic E-state index is 0.409. The molecule has 5 nitrogen and oxygen atoms in total. The van der Waals surface area contributed by atoms with E-state index in [1.165, 1.54) is 5.56 Å². The largest absolute Gasteiger partial charge is 0.346 e. The van der Waals surface area contributed by atoms with Crippen LogP contribution in [0, 0.1) is 0 Å². The standard InChI is InChI=1S/C18H15N5S/c1-2-6-13(7-3-1)15-12-24-18(19-15)22-10-14(11-22)17-21-20-16-8-4-5-9-23(16)17/h1-9,12,14H,10-11H2. The highest BCUT2D eigenvalue weighted by Gasteiger charge is 2.33. The van der Waals surface area contributed by atoms with E-state index in [0.29, 0.717) is 5.92 Å². The van der Waals surface area contributed by atoms with Crippen molar-refractivity contribution >= 4 is 22.1 Å².